The van der Waals surface area contributed by atoms with Crippen LogP contribution in [0.5, 0.6) is 0 Å². The van der Waals surface area contributed by atoms with Crippen molar-refractivity contribution in [2.24, 2.45) is 5.92 Å². The lowest BCUT2D eigenvalue weighted by Crippen LogP contribution is -2.70. The van der Waals surface area contributed by atoms with Crippen molar-refractivity contribution in [1.29, 1.82) is 0 Å². The van der Waals surface area contributed by atoms with Gasteiger partial charge in [-0.1, -0.05) is 261 Å². The Bertz CT molecular complexity index is 2470. The first-order valence-corrected chi connectivity index (χ1v) is 30.9. The number of ether oxygens (including phenoxy) is 1. The van der Waals surface area contributed by atoms with Gasteiger partial charge in [0.1, 0.15) is 5.60 Å². The third kappa shape index (κ3) is 10.5. The Morgan fingerprint density at radius 1 is 0.486 bits per heavy atom. The molecule has 7 aromatic carbocycles. The quantitative estimate of drug-likeness (QED) is 0.0643. The summed E-state index contributed by atoms with van der Waals surface area (Å²) in [5, 5.41) is 17.4. The van der Waals surface area contributed by atoms with Gasteiger partial charge in [0.15, 0.2) is 0 Å². The molecule has 0 aliphatic carbocycles. The van der Waals surface area contributed by atoms with Crippen LogP contribution >= 0.6 is 23.5 Å². The molecule has 0 amide bonds. The zero-order chi connectivity index (χ0) is 49.3. The SMILES string of the molecule is C[C@H]([C@@H](O)COC(c1ccccc1)(c1ccccc1)c1ccccc1)C1(C[C@H](CO[Si](c2ccccc2)(c2ccccc2)C(C)(C)C)O[Si](c2ccccc2)(c2ccccc2)C(C)(C)C)SCCCS1. The molecule has 3 atom stereocenters. The molecule has 8 heteroatoms. The minimum atomic E-state index is -3.12. The summed E-state index contributed by atoms with van der Waals surface area (Å²) < 4.78 is 23.2. The second kappa shape index (κ2) is 22.5. The first kappa shape index (κ1) is 51.9. The number of benzene rings is 7. The molecule has 70 heavy (non-hydrogen) atoms. The zero-order valence-electron chi connectivity index (χ0n) is 42.2. The average molecular weight is 1000 g/mol. The van der Waals surface area contributed by atoms with Gasteiger partial charge in [0.05, 0.1) is 29.5 Å². The van der Waals surface area contributed by atoms with Gasteiger partial charge in [-0.25, -0.2) is 0 Å². The van der Waals surface area contributed by atoms with E-state index in [9.17, 15) is 5.11 Å². The lowest BCUT2D eigenvalue weighted by Gasteiger charge is -2.50. The summed E-state index contributed by atoms with van der Waals surface area (Å²) in [6.45, 7) is 16.9. The van der Waals surface area contributed by atoms with Crippen LogP contribution in [0.15, 0.2) is 212 Å². The van der Waals surface area contributed by atoms with Gasteiger partial charge in [-0.2, -0.15) is 0 Å². The molecule has 1 aliphatic heterocycles. The molecule has 7 aromatic rings. The van der Waals surface area contributed by atoms with Crippen LogP contribution in [0.25, 0.3) is 0 Å². The van der Waals surface area contributed by atoms with Gasteiger partial charge in [0.25, 0.3) is 16.6 Å². The first-order valence-electron chi connectivity index (χ1n) is 25.1. The molecule has 8 rings (SSSR count). The van der Waals surface area contributed by atoms with Crippen LogP contribution in [0, 0.1) is 5.92 Å². The van der Waals surface area contributed by atoms with Gasteiger partial charge in [-0.3, -0.25) is 0 Å². The Kier molecular flexibility index (Phi) is 16.7. The molecule has 1 heterocycles. The molecule has 0 spiro atoms. The lowest BCUT2D eigenvalue weighted by atomic mass is 9.80. The van der Waals surface area contributed by atoms with Gasteiger partial charge in [0.2, 0.25) is 0 Å². The van der Waals surface area contributed by atoms with Crippen LogP contribution in [0.2, 0.25) is 10.1 Å². The molecule has 1 N–H and O–H groups in total. The summed E-state index contributed by atoms with van der Waals surface area (Å²) >= 11 is 3.99. The molecule has 0 radical (unpaired) electrons. The van der Waals surface area contributed by atoms with Gasteiger partial charge in [-0.05, 0) is 71.9 Å². The van der Waals surface area contributed by atoms with Crippen molar-refractivity contribution < 1.29 is 18.7 Å². The molecule has 0 bridgehead atoms. The molecular weight excluding hydrogens is 929 g/mol. The van der Waals surface area contributed by atoms with Gasteiger partial charge < -0.3 is 18.7 Å². The highest BCUT2D eigenvalue weighted by molar-refractivity contribution is 8.18. The van der Waals surface area contributed by atoms with E-state index < -0.39 is 32.4 Å². The molecule has 364 valence electrons. The predicted octanol–water partition coefficient (Wildman–Crippen LogP) is 12.5. The minimum absolute atomic E-state index is 0.127. The monoisotopic (exact) mass is 1000 g/mol. The van der Waals surface area contributed by atoms with Gasteiger partial charge in [0, 0.05) is 5.92 Å². The van der Waals surface area contributed by atoms with Crippen molar-refractivity contribution in [2.75, 3.05) is 24.7 Å². The Morgan fingerprint density at radius 3 is 1.16 bits per heavy atom. The van der Waals surface area contributed by atoms with Crippen LogP contribution in [0.1, 0.15) is 78.0 Å². The molecule has 4 nitrogen and oxygen atoms in total. The highest BCUT2D eigenvalue weighted by atomic mass is 32.2. The first-order chi connectivity index (χ1) is 33.8. The molecule has 1 aliphatic rings. The zero-order valence-corrected chi connectivity index (χ0v) is 45.8. The molecule has 0 saturated carbocycles. The topological polar surface area (TPSA) is 47.9 Å². The maximum Gasteiger partial charge on any atom is 0.261 e. The Labute approximate surface area is 429 Å². The number of rotatable bonds is 19. The van der Waals surface area contributed by atoms with E-state index in [1.54, 1.807) is 0 Å². The molecule has 0 unspecified atom stereocenters. The van der Waals surface area contributed by atoms with Crippen LogP contribution in [-0.2, 0) is 19.2 Å². The molecular formula is C62H72O4S2Si2. The highest BCUT2D eigenvalue weighted by Crippen LogP contribution is 2.53. The highest BCUT2D eigenvalue weighted by Gasteiger charge is 2.55. The van der Waals surface area contributed by atoms with Crippen LogP contribution in [0.4, 0.5) is 0 Å². The fraction of sp³-hybridized carbons (Fsp3) is 0.323. The summed E-state index contributed by atoms with van der Waals surface area (Å²) in [6.07, 6.45) is 0.622. The predicted molar refractivity (Wildman–Crippen MR) is 303 cm³/mol. The smallest absolute Gasteiger partial charge is 0.261 e. The summed E-state index contributed by atoms with van der Waals surface area (Å²) in [5.74, 6) is 1.80. The number of hydrogen-bond acceptors (Lipinski definition) is 6. The standard InChI is InChI=1S/C62H72O4S2Si2/c1-49(58(63)48-64-62(50-30-15-8-16-31-50,51-32-17-9-18-33-51)52-34-19-10-20-35-52)61(67-44-29-45-68-61)46-53(66-70(60(5,6)7,56-40-25-13-26-41-56)57-42-27-14-28-43-57)47-65-69(59(2,3)4,54-36-21-11-22-37-54)55-38-23-12-24-39-55/h8-28,30-43,49,53,58,63H,29,44-48H2,1-7H3/t49-,53-,58+/m1/s1. The molecule has 1 saturated heterocycles. The lowest BCUT2D eigenvalue weighted by molar-refractivity contribution is -0.0562. The second-order valence-corrected chi connectivity index (χ2v) is 32.6. The number of hydrogen-bond donors (Lipinski definition) is 1. The number of thioether (sulfide) groups is 2. The van der Waals surface area contributed by atoms with Crippen molar-refractivity contribution in [2.45, 2.75) is 93.3 Å². The third-order valence-electron chi connectivity index (χ3n) is 14.4. The van der Waals surface area contributed by atoms with E-state index in [0.717, 1.165) is 34.6 Å². The van der Waals surface area contributed by atoms with Gasteiger partial charge >= 0.3 is 0 Å². The fourth-order valence-electron chi connectivity index (χ4n) is 10.9. The molecule has 1 fully saturated rings. The van der Waals surface area contributed by atoms with Crippen molar-refractivity contribution in [1.82, 2.24) is 0 Å². The van der Waals surface area contributed by atoms with E-state index in [4.69, 9.17) is 13.6 Å². The van der Waals surface area contributed by atoms with E-state index in [1.165, 1.54) is 20.7 Å². The Morgan fingerprint density at radius 2 is 0.814 bits per heavy atom. The van der Waals surface area contributed by atoms with E-state index >= 15 is 0 Å². The summed E-state index contributed by atoms with van der Waals surface area (Å²) in [4.78, 5) is 0. The van der Waals surface area contributed by atoms with Crippen molar-refractivity contribution >= 4 is 60.9 Å². The fourth-order valence-corrected chi connectivity index (χ4v) is 23.9. The Hall–Kier alpha value is -4.49. The maximum absolute atomic E-state index is 12.9. The van der Waals surface area contributed by atoms with Crippen LogP contribution in [-0.4, -0.2) is 62.7 Å². The van der Waals surface area contributed by atoms with Crippen LogP contribution in [0.3, 0.4) is 0 Å². The average Bonchev–Trinajstić information content (AvgIpc) is 3.39. The van der Waals surface area contributed by atoms with E-state index in [0.29, 0.717) is 13.0 Å². The number of aliphatic hydroxyl groups is 1. The van der Waals surface area contributed by atoms with E-state index in [1.807, 2.05) is 41.7 Å². The van der Waals surface area contributed by atoms with Crippen molar-refractivity contribution in [3.05, 3.63) is 229 Å². The van der Waals surface area contributed by atoms with Crippen molar-refractivity contribution in [3.63, 3.8) is 0 Å². The van der Waals surface area contributed by atoms with Crippen molar-refractivity contribution in [3.8, 4) is 0 Å². The summed E-state index contributed by atoms with van der Waals surface area (Å²) in [5.41, 5.74) is 2.09. The normalized spacial score (nSPS) is 16.0. The largest absolute Gasteiger partial charge is 0.405 e. The molecule has 0 aromatic heterocycles. The minimum Gasteiger partial charge on any atom is -0.405 e. The van der Waals surface area contributed by atoms with E-state index in [-0.39, 0.29) is 28.7 Å². The maximum atomic E-state index is 12.9. The second-order valence-electron chi connectivity index (χ2n) is 20.9. The summed E-state index contributed by atoms with van der Waals surface area (Å²) in [7, 11) is -6.12. The Balaban J connectivity index is 1.24. The van der Waals surface area contributed by atoms with Gasteiger partial charge in [-0.15, -0.1) is 23.5 Å². The van der Waals surface area contributed by atoms with E-state index in [2.05, 4.69) is 243 Å². The number of aliphatic hydroxyl groups excluding tert-OH is 1. The third-order valence-corrected chi connectivity index (χ3v) is 28.3. The van der Waals surface area contributed by atoms with Crippen LogP contribution < -0.4 is 20.7 Å². The summed E-state index contributed by atoms with van der Waals surface area (Å²) in [6, 6.07) is 75.4.